The van der Waals surface area contributed by atoms with Gasteiger partial charge in [-0.25, -0.2) is 0 Å². The van der Waals surface area contributed by atoms with Crippen LogP contribution in [0.3, 0.4) is 0 Å². The smallest absolute Gasteiger partial charge is 0.325 e. The lowest BCUT2D eigenvalue weighted by Crippen LogP contribution is -2.45. The number of benzene rings is 1. The van der Waals surface area contributed by atoms with Crippen molar-refractivity contribution in [3.8, 4) is 0 Å². The van der Waals surface area contributed by atoms with E-state index >= 15 is 0 Å². The third kappa shape index (κ3) is 5.32. The Hall–Kier alpha value is -2.23. The average molecular weight is 502 g/mol. The normalized spacial score (nSPS) is 22.8. The molecule has 2 fully saturated rings. The Bertz CT molecular complexity index is 989. The molecule has 0 unspecified atom stereocenters. The Balaban J connectivity index is 1.54. The molecule has 0 saturated heterocycles. The molecule has 4 rings (SSSR count). The molecule has 0 spiro atoms. The summed E-state index contributed by atoms with van der Waals surface area (Å²) in [5, 5.41) is 2.96. The van der Waals surface area contributed by atoms with Gasteiger partial charge in [0.15, 0.2) is 5.41 Å². The van der Waals surface area contributed by atoms with Gasteiger partial charge in [0.05, 0.1) is 18.8 Å². The van der Waals surface area contributed by atoms with Crippen LogP contribution in [-0.4, -0.2) is 52.3 Å². The van der Waals surface area contributed by atoms with Crippen LogP contribution in [0.4, 0.5) is 11.4 Å². The lowest BCUT2D eigenvalue weighted by molar-refractivity contribution is -0.150. The lowest BCUT2D eigenvalue weighted by atomic mass is 9.83. The molecule has 3 N–H and O–H groups in total. The fourth-order valence-corrected chi connectivity index (χ4v) is 5.90. The van der Waals surface area contributed by atoms with Gasteiger partial charge >= 0.3 is 5.97 Å². The number of nitrogens with one attached hydrogen (secondary N) is 1. The summed E-state index contributed by atoms with van der Waals surface area (Å²) in [4.78, 5) is 40.6. The van der Waals surface area contributed by atoms with Crippen molar-refractivity contribution >= 4 is 37.2 Å². The maximum Gasteiger partial charge on any atom is 0.325 e. The molecule has 1 aromatic rings. The average Bonchev–Trinajstić information content (AvgIpc) is 3.72. The molecule has 3 aliphatic rings. The van der Waals surface area contributed by atoms with Crippen LogP contribution in [0.2, 0.25) is 25.7 Å². The van der Waals surface area contributed by atoms with Gasteiger partial charge in [0.25, 0.3) is 5.91 Å². The highest BCUT2D eigenvalue weighted by Crippen LogP contribution is 2.50. The summed E-state index contributed by atoms with van der Waals surface area (Å²) in [6.45, 7) is 8.93. The predicted octanol–water partition coefficient (Wildman–Crippen LogP) is 3.48. The van der Waals surface area contributed by atoms with Gasteiger partial charge < -0.3 is 20.5 Å². The first-order chi connectivity index (χ1) is 16.5. The van der Waals surface area contributed by atoms with Crippen LogP contribution in [0, 0.1) is 17.8 Å². The number of amides is 2. The molecule has 8 nitrogen and oxygen atoms in total. The molecule has 2 atom stereocenters. The van der Waals surface area contributed by atoms with E-state index in [0.29, 0.717) is 35.4 Å². The highest BCUT2D eigenvalue weighted by atomic mass is 28.3. The van der Waals surface area contributed by atoms with E-state index < -0.39 is 31.4 Å². The van der Waals surface area contributed by atoms with Crippen LogP contribution >= 0.6 is 0 Å². The third-order valence-electron chi connectivity index (χ3n) is 7.63. The monoisotopic (exact) mass is 501 g/mol. The summed E-state index contributed by atoms with van der Waals surface area (Å²) in [6, 6.07) is 5.58. The standard InChI is InChI=1S/C26H39N3O5Si/c1-26(25(32)33-2)19-11-10-18(28-23(30)22(27)21(16-6-7-16)17-8-9-17)14-20(19)29(24(26)31)15-34-12-13-35(3,4)5/h10-11,14,16-17,21-22H,6-9,12-13,15,27H2,1-5H3,(H,28,30)/t22-,26-/m0/s1. The molecule has 1 aliphatic heterocycles. The SMILES string of the molecule is COC(=O)[C@]1(C)C(=O)N(COCC[Si](C)(C)C)c2cc(NC(=O)[C@@H](N)C(C3CC3)C3CC3)ccc21. The first-order valence-electron chi connectivity index (χ1n) is 12.7. The fraction of sp³-hybridized carbons (Fsp3) is 0.654. The highest BCUT2D eigenvalue weighted by molar-refractivity contribution is 6.76. The van der Waals surface area contributed by atoms with Crippen molar-refractivity contribution in [3.63, 3.8) is 0 Å². The number of esters is 1. The number of carbonyl (C=O) groups is 3. The Morgan fingerprint density at radius 3 is 2.37 bits per heavy atom. The number of hydrogen-bond donors (Lipinski definition) is 2. The first-order valence-corrected chi connectivity index (χ1v) is 16.4. The Labute approximate surface area is 208 Å². The highest BCUT2D eigenvalue weighted by Gasteiger charge is 2.54. The fourth-order valence-electron chi connectivity index (χ4n) is 5.15. The van der Waals surface area contributed by atoms with E-state index in [2.05, 4.69) is 25.0 Å². The predicted molar refractivity (Wildman–Crippen MR) is 138 cm³/mol. The van der Waals surface area contributed by atoms with E-state index in [1.54, 1.807) is 25.1 Å². The van der Waals surface area contributed by atoms with Crippen molar-refractivity contribution in [2.45, 2.75) is 69.7 Å². The molecule has 2 aliphatic carbocycles. The zero-order valence-electron chi connectivity index (χ0n) is 21.6. The summed E-state index contributed by atoms with van der Waals surface area (Å²) in [5.41, 5.74) is 6.58. The van der Waals surface area contributed by atoms with Crippen LogP contribution < -0.4 is 16.0 Å². The van der Waals surface area contributed by atoms with E-state index in [1.165, 1.54) is 12.0 Å². The van der Waals surface area contributed by atoms with E-state index in [9.17, 15) is 14.4 Å². The van der Waals surface area contributed by atoms with Crippen molar-refractivity contribution in [2.24, 2.45) is 23.5 Å². The number of hydrogen-bond acceptors (Lipinski definition) is 6. The van der Waals surface area contributed by atoms with Gasteiger partial charge in [-0.05, 0) is 68.5 Å². The van der Waals surface area contributed by atoms with Crippen molar-refractivity contribution in [1.82, 2.24) is 0 Å². The number of nitrogens with zero attached hydrogens (tertiary/aromatic N) is 1. The first kappa shape index (κ1) is 25.8. The molecule has 1 aromatic carbocycles. The van der Waals surface area contributed by atoms with Gasteiger partial charge in [0.2, 0.25) is 5.91 Å². The number of anilines is 2. The van der Waals surface area contributed by atoms with E-state index in [4.69, 9.17) is 15.2 Å². The van der Waals surface area contributed by atoms with Crippen LogP contribution in [0.25, 0.3) is 0 Å². The van der Waals surface area contributed by atoms with E-state index in [0.717, 1.165) is 31.7 Å². The van der Waals surface area contributed by atoms with Crippen molar-refractivity contribution < 1.29 is 23.9 Å². The maximum atomic E-state index is 13.4. The number of fused-ring (bicyclic) bond motifs is 1. The molecule has 0 bridgehead atoms. The van der Waals surface area contributed by atoms with Crippen molar-refractivity contribution in [2.75, 3.05) is 30.7 Å². The molecule has 0 radical (unpaired) electrons. The van der Waals surface area contributed by atoms with Crippen molar-refractivity contribution in [3.05, 3.63) is 23.8 Å². The molecular weight excluding hydrogens is 462 g/mol. The van der Waals surface area contributed by atoms with Crippen LogP contribution in [0.15, 0.2) is 18.2 Å². The summed E-state index contributed by atoms with van der Waals surface area (Å²) in [7, 11) is -0.0141. The summed E-state index contributed by atoms with van der Waals surface area (Å²) < 4.78 is 10.8. The minimum atomic E-state index is -1.46. The van der Waals surface area contributed by atoms with Gasteiger partial charge in [-0.2, -0.15) is 0 Å². The minimum Gasteiger partial charge on any atom is -0.468 e. The molecule has 192 valence electrons. The Morgan fingerprint density at radius 1 is 1.20 bits per heavy atom. The van der Waals surface area contributed by atoms with Gasteiger partial charge in [-0.3, -0.25) is 19.3 Å². The minimum absolute atomic E-state index is 0.0330. The number of carbonyl (C=O) groups excluding carboxylic acids is 3. The van der Waals surface area contributed by atoms with Crippen molar-refractivity contribution in [1.29, 1.82) is 0 Å². The largest absolute Gasteiger partial charge is 0.468 e. The molecule has 35 heavy (non-hydrogen) atoms. The molecule has 1 heterocycles. The van der Waals surface area contributed by atoms with Gasteiger partial charge in [0.1, 0.15) is 6.73 Å². The van der Waals surface area contributed by atoms with E-state index in [-0.39, 0.29) is 18.6 Å². The molecule has 2 saturated carbocycles. The maximum absolute atomic E-state index is 13.4. The Kier molecular flexibility index (Phi) is 7.14. The van der Waals surface area contributed by atoms with Crippen LogP contribution in [0.5, 0.6) is 0 Å². The molecule has 2 amide bonds. The quantitative estimate of drug-likeness (QED) is 0.208. The number of ether oxygens (including phenoxy) is 2. The van der Waals surface area contributed by atoms with Gasteiger partial charge in [0, 0.05) is 25.9 Å². The number of methoxy groups -OCH3 is 1. The summed E-state index contributed by atoms with van der Waals surface area (Å²) in [6.07, 6.45) is 4.62. The molecular formula is C26H39N3O5Si. The second kappa shape index (κ2) is 9.67. The van der Waals surface area contributed by atoms with Crippen LogP contribution in [-0.2, 0) is 29.3 Å². The lowest BCUT2D eigenvalue weighted by Gasteiger charge is -2.23. The summed E-state index contributed by atoms with van der Waals surface area (Å²) in [5.74, 6) is 0.145. The summed E-state index contributed by atoms with van der Waals surface area (Å²) >= 11 is 0. The molecule has 9 heteroatoms. The number of rotatable bonds is 11. The van der Waals surface area contributed by atoms with Gasteiger partial charge in [-0.15, -0.1) is 0 Å². The molecule has 0 aromatic heterocycles. The van der Waals surface area contributed by atoms with Gasteiger partial charge in [-0.1, -0.05) is 25.7 Å². The Morgan fingerprint density at radius 2 is 1.83 bits per heavy atom. The zero-order valence-corrected chi connectivity index (χ0v) is 22.6. The second-order valence-electron chi connectivity index (χ2n) is 11.7. The van der Waals surface area contributed by atoms with E-state index in [1.807, 2.05) is 0 Å². The third-order valence-corrected chi connectivity index (χ3v) is 9.33. The topological polar surface area (TPSA) is 111 Å². The zero-order chi connectivity index (χ0) is 25.5. The van der Waals surface area contributed by atoms with Crippen LogP contribution in [0.1, 0.15) is 38.2 Å². The second-order valence-corrected chi connectivity index (χ2v) is 17.3. The number of nitrogens with two attached hydrogens (primary N) is 1.